The van der Waals surface area contributed by atoms with E-state index in [4.69, 9.17) is 25.7 Å². The monoisotopic (exact) mass is 421 g/mol. The number of nitrogens with one attached hydrogen (secondary N) is 1. The fraction of sp³-hybridized carbons (Fsp3) is 0.933. The summed E-state index contributed by atoms with van der Waals surface area (Å²) in [7, 11) is 0. The van der Waals surface area contributed by atoms with Crippen molar-refractivity contribution in [3.8, 4) is 0 Å². The van der Waals surface area contributed by atoms with Crippen molar-refractivity contribution < 1.29 is 29.2 Å². The molecule has 158 valence electrons. The molecule has 3 fully saturated rings. The van der Waals surface area contributed by atoms with Gasteiger partial charge >= 0.3 is 0 Å². The maximum absolute atomic E-state index is 11.9. The summed E-state index contributed by atoms with van der Waals surface area (Å²) in [5.74, 6) is -0.311. The molecule has 3 aliphatic rings. The summed E-state index contributed by atoms with van der Waals surface area (Å²) >= 11 is 0. The van der Waals surface area contributed by atoms with Crippen LogP contribution in [0.3, 0.4) is 0 Å². The molecule has 0 aliphatic carbocycles. The van der Waals surface area contributed by atoms with E-state index in [1.807, 2.05) is 0 Å². The highest BCUT2D eigenvalue weighted by molar-refractivity contribution is 5.85. The second-order valence-electron chi connectivity index (χ2n) is 5.87. The van der Waals surface area contributed by atoms with Crippen LogP contribution in [0.4, 0.5) is 0 Å². The van der Waals surface area contributed by atoms with Gasteiger partial charge in [0.15, 0.2) is 6.29 Å². The van der Waals surface area contributed by atoms with Gasteiger partial charge in [-0.25, -0.2) is 0 Å². The summed E-state index contributed by atoms with van der Waals surface area (Å²) in [6, 6.07) is -0.639. The van der Waals surface area contributed by atoms with Gasteiger partial charge in [0.1, 0.15) is 24.4 Å². The molecule has 6 atom stereocenters. The highest BCUT2D eigenvalue weighted by Crippen LogP contribution is 2.25. The molecule has 26 heavy (non-hydrogen) atoms. The van der Waals surface area contributed by atoms with E-state index in [1.54, 1.807) is 0 Å². The number of halogens is 2. The third-order valence-corrected chi connectivity index (χ3v) is 4.06. The van der Waals surface area contributed by atoms with Crippen LogP contribution in [-0.4, -0.2) is 79.2 Å². The third-order valence-electron chi connectivity index (χ3n) is 4.06. The first-order chi connectivity index (χ1) is 11.0. The number of ether oxygens (including phenoxy) is 3. The first-order valence-electron chi connectivity index (χ1n) is 8.02. The molecule has 7 N–H and O–H groups in total. The number of amides is 1. The fourth-order valence-electron chi connectivity index (χ4n) is 2.69. The number of nitrogens with two attached hydrogens (primary N) is 2. The van der Waals surface area contributed by atoms with E-state index in [9.17, 15) is 15.0 Å². The third kappa shape index (κ3) is 7.41. The molecule has 0 aromatic carbocycles. The molecule has 3 heterocycles. The number of rotatable bonds is 6. The fourth-order valence-corrected chi connectivity index (χ4v) is 2.69. The van der Waals surface area contributed by atoms with E-state index < -0.39 is 36.7 Å². The van der Waals surface area contributed by atoms with E-state index in [-0.39, 0.29) is 44.7 Å². The van der Waals surface area contributed by atoms with Gasteiger partial charge in [-0.3, -0.25) is 4.79 Å². The van der Waals surface area contributed by atoms with Gasteiger partial charge in [0.2, 0.25) is 5.91 Å². The average molecular weight is 422 g/mol. The smallest absolute Gasteiger partial charge is 0.237 e. The van der Waals surface area contributed by atoms with Gasteiger partial charge in [-0.1, -0.05) is 7.43 Å². The lowest BCUT2D eigenvalue weighted by atomic mass is 9.98. The summed E-state index contributed by atoms with van der Waals surface area (Å²) < 4.78 is 16.6. The SMILES string of the molecule is C.Cl.Cl.NCCC[C@H](N)C(=O)NCC1OC2OCCCOC1C(O)C2O. The lowest BCUT2D eigenvalue weighted by Crippen LogP contribution is -2.61. The van der Waals surface area contributed by atoms with E-state index in [2.05, 4.69) is 5.32 Å². The highest BCUT2D eigenvalue weighted by atomic mass is 35.5. The van der Waals surface area contributed by atoms with Gasteiger partial charge in [-0.05, 0) is 25.8 Å². The van der Waals surface area contributed by atoms with Crippen LogP contribution in [0.5, 0.6) is 0 Å². The van der Waals surface area contributed by atoms with Crippen LogP contribution >= 0.6 is 24.8 Å². The standard InChI is InChI=1S/C14H27N3O6.CH4.2ClH/c15-4-1-3-8(16)13(20)17-7-9-12-10(18)11(19)14(23-9)22-6-2-5-21-12;;;/h8-12,14,18-19H,1-7,15-16H2,(H,17,20);1H4;2*1H/t8-,9?,10?,11?,12?,14?;;;/m0.../s1. The molecule has 0 aromatic rings. The molecule has 9 nitrogen and oxygen atoms in total. The van der Waals surface area contributed by atoms with E-state index >= 15 is 0 Å². The van der Waals surface area contributed by atoms with Gasteiger partial charge in [0.05, 0.1) is 12.6 Å². The predicted molar refractivity (Wildman–Crippen MR) is 101 cm³/mol. The van der Waals surface area contributed by atoms with Crippen LogP contribution in [0.2, 0.25) is 0 Å². The maximum Gasteiger partial charge on any atom is 0.237 e. The molecule has 3 saturated heterocycles. The van der Waals surface area contributed by atoms with Crippen LogP contribution < -0.4 is 16.8 Å². The second-order valence-corrected chi connectivity index (χ2v) is 5.87. The molecular formula is C15H33Cl2N3O6. The Labute approximate surface area is 166 Å². The number of aliphatic hydroxyl groups excluding tert-OH is 2. The Balaban J connectivity index is 0. The first-order valence-corrected chi connectivity index (χ1v) is 8.02. The summed E-state index contributed by atoms with van der Waals surface area (Å²) in [5.41, 5.74) is 11.2. The van der Waals surface area contributed by atoms with Gasteiger partial charge < -0.3 is 41.2 Å². The van der Waals surface area contributed by atoms with E-state index in [0.29, 0.717) is 39.0 Å². The Hall–Kier alpha value is -0.230. The van der Waals surface area contributed by atoms with Gasteiger partial charge in [-0.15, -0.1) is 24.8 Å². The predicted octanol–water partition coefficient (Wildman–Crippen LogP) is -1.10. The van der Waals surface area contributed by atoms with E-state index in [1.165, 1.54) is 0 Å². The molecular weight excluding hydrogens is 389 g/mol. The van der Waals surface area contributed by atoms with Crippen molar-refractivity contribution >= 4 is 30.7 Å². The van der Waals surface area contributed by atoms with Crippen LogP contribution in [-0.2, 0) is 19.0 Å². The minimum absolute atomic E-state index is 0. The average Bonchev–Trinajstić information content (AvgIpc) is 2.69. The minimum atomic E-state index is -1.18. The number of carbonyl (C=O) groups is 1. The van der Waals surface area contributed by atoms with Crippen molar-refractivity contribution in [2.75, 3.05) is 26.3 Å². The molecule has 2 bridgehead atoms. The molecule has 5 unspecified atom stereocenters. The van der Waals surface area contributed by atoms with Crippen LogP contribution in [0.1, 0.15) is 26.7 Å². The van der Waals surface area contributed by atoms with Crippen molar-refractivity contribution in [1.29, 1.82) is 0 Å². The summed E-state index contributed by atoms with van der Waals surface area (Å²) in [5, 5.41) is 22.8. The van der Waals surface area contributed by atoms with Gasteiger partial charge in [-0.2, -0.15) is 0 Å². The Bertz CT molecular complexity index is 394. The number of carbonyl (C=O) groups excluding carboxylic acids is 1. The van der Waals surface area contributed by atoms with Crippen LogP contribution in [0.15, 0.2) is 0 Å². The molecule has 0 aromatic heterocycles. The summed E-state index contributed by atoms with van der Waals surface area (Å²) in [4.78, 5) is 11.9. The zero-order valence-electron chi connectivity index (χ0n) is 13.9. The van der Waals surface area contributed by atoms with Crippen LogP contribution in [0, 0.1) is 0 Å². The topological polar surface area (TPSA) is 149 Å². The van der Waals surface area contributed by atoms with Crippen molar-refractivity contribution in [3.63, 3.8) is 0 Å². The molecule has 3 rings (SSSR count). The zero-order chi connectivity index (χ0) is 16.8. The number of aliphatic hydroxyl groups is 2. The normalized spacial score (nSPS) is 31.8. The van der Waals surface area contributed by atoms with E-state index in [0.717, 1.165) is 0 Å². The quantitative estimate of drug-likeness (QED) is 0.362. The Morgan fingerprint density at radius 3 is 2.50 bits per heavy atom. The first kappa shape index (κ1) is 28.0. The molecule has 11 heteroatoms. The lowest BCUT2D eigenvalue weighted by molar-refractivity contribution is -0.292. The molecule has 3 aliphatic heterocycles. The number of hydrogen-bond donors (Lipinski definition) is 5. The number of fused-ring (bicyclic) bond motifs is 6. The largest absolute Gasteiger partial charge is 0.387 e. The Kier molecular flexibility index (Phi) is 14.9. The zero-order valence-corrected chi connectivity index (χ0v) is 15.5. The second kappa shape index (κ2) is 13.9. The highest BCUT2D eigenvalue weighted by Gasteiger charge is 2.46. The summed E-state index contributed by atoms with van der Waals surface area (Å²) in [6.45, 7) is 1.34. The lowest BCUT2D eigenvalue weighted by Gasteiger charge is -2.41. The number of hydrogen-bond acceptors (Lipinski definition) is 8. The summed E-state index contributed by atoms with van der Waals surface area (Å²) in [6.07, 6.45) is -2.81. The Morgan fingerprint density at radius 2 is 1.85 bits per heavy atom. The van der Waals surface area contributed by atoms with Crippen LogP contribution in [0.25, 0.3) is 0 Å². The van der Waals surface area contributed by atoms with Crippen molar-refractivity contribution in [2.45, 2.75) is 63.4 Å². The molecule has 0 spiro atoms. The Morgan fingerprint density at radius 1 is 1.19 bits per heavy atom. The van der Waals surface area contributed by atoms with Crippen molar-refractivity contribution in [1.82, 2.24) is 5.32 Å². The van der Waals surface area contributed by atoms with Crippen molar-refractivity contribution in [3.05, 3.63) is 0 Å². The minimum Gasteiger partial charge on any atom is -0.387 e. The molecule has 0 radical (unpaired) electrons. The molecule has 0 saturated carbocycles. The maximum atomic E-state index is 11.9. The molecule has 1 amide bonds. The van der Waals surface area contributed by atoms with Crippen molar-refractivity contribution in [2.24, 2.45) is 11.5 Å². The van der Waals surface area contributed by atoms with Gasteiger partial charge in [0, 0.05) is 13.2 Å². The van der Waals surface area contributed by atoms with Gasteiger partial charge in [0.25, 0.3) is 0 Å².